The number of benzene rings is 2. The lowest BCUT2D eigenvalue weighted by Gasteiger charge is -2.05. The van der Waals surface area contributed by atoms with Crippen molar-refractivity contribution in [3.8, 4) is 44.0 Å². The van der Waals surface area contributed by atoms with Gasteiger partial charge < -0.3 is 9.47 Å². The Morgan fingerprint density at radius 1 is 0.900 bits per heavy atom. The number of hydrogen-bond donors (Lipinski definition) is 0. The standard InChI is InChI=1S/C23H21FN2O2S2/c1-3-4-11-28-17-8-5-15(6-9-17)19-13-29-22(25-19)23-26-20(14-30-23)16-7-10-21(27-2)18(24)12-16/h5-10,12-14H,3-4,11H2,1-2H3. The van der Waals surface area contributed by atoms with Gasteiger partial charge in [0.1, 0.15) is 5.75 Å². The molecule has 30 heavy (non-hydrogen) atoms. The van der Waals surface area contributed by atoms with Crippen LogP contribution >= 0.6 is 22.7 Å². The third-order valence-electron chi connectivity index (χ3n) is 4.56. The lowest BCUT2D eigenvalue weighted by molar-refractivity contribution is 0.309. The van der Waals surface area contributed by atoms with Crippen LogP contribution in [0.2, 0.25) is 0 Å². The largest absolute Gasteiger partial charge is 0.494 e. The molecule has 0 saturated heterocycles. The van der Waals surface area contributed by atoms with E-state index in [1.807, 2.05) is 35.0 Å². The van der Waals surface area contributed by atoms with E-state index in [1.165, 1.54) is 24.5 Å². The van der Waals surface area contributed by atoms with E-state index >= 15 is 0 Å². The van der Waals surface area contributed by atoms with Crippen LogP contribution in [0.4, 0.5) is 4.39 Å². The van der Waals surface area contributed by atoms with Crippen molar-refractivity contribution in [2.75, 3.05) is 13.7 Å². The molecule has 0 aliphatic heterocycles. The molecular formula is C23H21FN2O2S2. The Balaban J connectivity index is 1.50. The number of nitrogens with zero attached hydrogens (tertiary/aromatic N) is 2. The predicted molar refractivity (Wildman–Crippen MR) is 121 cm³/mol. The second-order valence-corrected chi connectivity index (χ2v) is 8.37. The van der Waals surface area contributed by atoms with Gasteiger partial charge in [0.2, 0.25) is 0 Å². The average molecular weight is 441 g/mol. The molecule has 4 aromatic rings. The fourth-order valence-corrected chi connectivity index (χ4v) is 4.60. The van der Waals surface area contributed by atoms with Crippen molar-refractivity contribution in [2.45, 2.75) is 19.8 Å². The monoisotopic (exact) mass is 440 g/mol. The maximum Gasteiger partial charge on any atom is 0.165 e. The zero-order chi connectivity index (χ0) is 20.9. The number of hydrogen-bond acceptors (Lipinski definition) is 6. The summed E-state index contributed by atoms with van der Waals surface area (Å²) in [5.41, 5.74) is 3.38. The van der Waals surface area contributed by atoms with Crippen LogP contribution in [0.3, 0.4) is 0 Å². The number of unbranched alkanes of at least 4 members (excludes halogenated alkanes) is 1. The number of halogens is 1. The highest BCUT2D eigenvalue weighted by atomic mass is 32.1. The van der Waals surface area contributed by atoms with Crippen molar-refractivity contribution in [2.24, 2.45) is 0 Å². The molecule has 0 atom stereocenters. The predicted octanol–water partition coefficient (Wildman–Crippen LogP) is 6.93. The Morgan fingerprint density at radius 3 is 2.13 bits per heavy atom. The molecule has 2 heterocycles. The van der Waals surface area contributed by atoms with Gasteiger partial charge in [-0.15, -0.1) is 22.7 Å². The maximum atomic E-state index is 14.0. The molecule has 154 valence electrons. The van der Waals surface area contributed by atoms with E-state index in [4.69, 9.17) is 14.5 Å². The molecule has 0 aliphatic carbocycles. The van der Waals surface area contributed by atoms with Crippen molar-refractivity contribution in [3.05, 3.63) is 59.0 Å². The molecule has 0 spiro atoms. The van der Waals surface area contributed by atoms with Crippen molar-refractivity contribution in [1.29, 1.82) is 0 Å². The zero-order valence-corrected chi connectivity index (χ0v) is 18.4. The summed E-state index contributed by atoms with van der Waals surface area (Å²) in [7, 11) is 1.45. The van der Waals surface area contributed by atoms with E-state index in [0.29, 0.717) is 5.56 Å². The second-order valence-electron chi connectivity index (χ2n) is 6.65. The molecule has 4 rings (SSSR count). The normalized spacial score (nSPS) is 10.9. The third-order valence-corrected chi connectivity index (χ3v) is 6.38. The molecule has 0 unspecified atom stereocenters. The minimum atomic E-state index is -0.400. The van der Waals surface area contributed by atoms with Gasteiger partial charge >= 0.3 is 0 Å². The van der Waals surface area contributed by atoms with E-state index in [9.17, 15) is 4.39 Å². The quantitative estimate of drug-likeness (QED) is 0.279. The summed E-state index contributed by atoms with van der Waals surface area (Å²) in [6.45, 7) is 2.88. The molecule has 4 nitrogen and oxygen atoms in total. The fraction of sp³-hybridized carbons (Fsp3) is 0.217. The van der Waals surface area contributed by atoms with Gasteiger partial charge in [-0.3, -0.25) is 0 Å². The summed E-state index contributed by atoms with van der Waals surface area (Å²) in [5, 5.41) is 5.60. The van der Waals surface area contributed by atoms with Crippen molar-refractivity contribution in [1.82, 2.24) is 9.97 Å². The lowest BCUT2D eigenvalue weighted by Crippen LogP contribution is -1.95. The average Bonchev–Trinajstić information content (AvgIpc) is 3.44. The van der Waals surface area contributed by atoms with Gasteiger partial charge in [0.15, 0.2) is 21.6 Å². The van der Waals surface area contributed by atoms with E-state index in [1.54, 1.807) is 23.5 Å². The van der Waals surface area contributed by atoms with Crippen molar-refractivity contribution in [3.63, 3.8) is 0 Å². The first-order valence-corrected chi connectivity index (χ1v) is 11.4. The van der Waals surface area contributed by atoms with Crippen molar-refractivity contribution >= 4 is 22.7 Å². The van der Waals surface area contributed by atoms with E-state index in [-0.39, 0.29) is 5.75 Å². The van der Waals surface area contributed by atoms with Gasteiger partial charge in [-0.1, -0.05) is 13.3 Å². The summed E-state index contributed by atoms with van der Waals surface area (Å²) in [6, 6.07) is 12.8. The van der Waals surface area contributed by atoms with Crippen LogP contribution in [-0.4, -0.2) is 23.7 Å². The molecule has 0 N–H and O–H groups in total. The number of thiazole rings is 2. The van der Waals surface area contributed by atoms with E-state index < -0.39 is 5.82 Å². The number of methoxy groups -OCH3 is 1. The Labute approximate surface area is 183 Å². The molecular weight excluding hydrogens is 419 g/mol. The third kappa shape index (κ3) is 4.52. The Bertz CT molecular complexity index is 1120. The Hall–Kier alpha value is -2.77. The Kier molecular flexibility index (Phi) is 6.40. The SMILES string of the molecule is CCCCOc1ccc(-c2csc(-c3nc(-c4ccc(OC)c(F)c4)cs3)n2)cc1. The van der Waals surface area contributed by atoms with Crippen LogP contribution in [0.15, 0.2) is 53.2 Å². The molecule has 0 amide bonds. The molecule has 2 aromatic carbocycles. The van der Waals surface area contributed by atoms with Crippen LogP contribution in [0.1, 0.15) is 19.8 Å². The highest BCUT2D eigenvalue weighted by molar-refractivity contribution is 7.20. The van der Waals surface area contributed by atoms with E-state index in [0.717, 1.165) is 52.2 Å². The zero-order valence-electron chi connectivity index (χ0n) is 16.7. The molecule has 7 heteroatoms. The highest BCUT2D eigenvalue weighted by Gasteiger charge is 2.13. The molecule has 2 aromatic heterocycles. The summed E-state index contributed by atoms with van der Waals surface area (Å²) in [4.78, 5) is 9.39. The topological polar surface area (TPSA) is 44.2 Å². The minimum Gasteiger partial charge on any atom is -0.494 e. The van der Waals surface area contributed by atoms with Crippen LogP contribution in [0, 0.1) is 5.82 Å². The molecule has 0 radical (unpaired) electrons. The fourth-order valence-electron chi connectivity index (χ4n) is 2.89. The number of ether oxygens (including phenoxy) is 2. The maximum absolute atomic E-state index is 14.0. The minimum absolute atomic E-state index is 0.223. The second kappa shape index (κ2) is 9.36. The molecule has 0 fully saturated rings. The van der Waals surface area contributed by atoms with Gasteiger partial charge in [0, 0.05) is 21.9 Å². The summed E-state index contributed by atoms with van der Waals surface area (Å²) < 4.78 is 24.7. The van der Waals surface area contributed by atoms with Gasteiger partial charge in [-0.25, -0.2) is 14.4 Å². The summed E-state index contributed by atoms with van der Waals surface area (Å²) in [6.07, 6.45) is 2.17. The Morgan fingerprint density at radius 2 is 1.53 bits per heavy atom. The van der Waals surface area contributed by atoms with Gasteiger partial charge in [-0.05, 0) is 48.9 Å². The molecule has 0 saturated carbocycles. The lowest BCUT2D eigenvalue weighted by atomic mass is 10.1. The highest BCUT2D eigenvalue weighted by Crippen LogP contribution is 2.34. The van der Waals surface area contributed by atoms with E-state index in [2.05, 4.69) is 11.9 Å². The van der Waals surface area contributed by atoms with Crippen LogP contribution in [0.25, 0.3) is 32.5 Å². The van der Waals surface area contributed by atoms with Gasteiger partial charge in [0.05, 0.1) is 25.1 Å². The summed E-state index contributed by atoms with van der Waals surface area (Å²) >= 11 is 3.05. The first-order valence-electron chi connectivity index (χ1n) is 9.66. The molecule has 0 bridgehead atoms. The smallest absolute Gasteiger partial charge is 0.165 e. The molecule has 0 aliphatic rings. The summed E-state index contributed by atoms with van der Waals surface area (Å²) in [5.74, 6) is 0.697. The van der Waals surface area contributed by atoms with Crippen LogP contribution < -0.4 is 9.47 Å². The van der Waals surface area contributed by atoms with Crippen LogP contribution in [0.5, 0.6) is 11.5 Å². The number of aromatic nitrogens is 2. The first kappa shape index (κ1) is 20.5. The number of rotatable bonds is 8. The van der Waals surface area contributed by atoms with Crippen molar-refractivity contribution < 1.29 is 13.9 Å². The van der Waals surface area contributed by atoms with Crippen LogP contribution in [-0.2, 0) is 0 Å². The van der Waals surface area contributed by atoms with Gasteiger partial charge in [0.25, 0.3) is 0 Å². The first-order chi connectivity index (χ1) is 14.7. The van der Waals surface area contributed by atoms with Gasteiger partial charge in [-0.2, -0.15) is 0 Å².